The lowest BCUT2D eigenvalue weighted by molar-refractivity contribution is -0.138. The van der Waals surface area contributed by atoms with Crippen molar-refractivity contribution in [2.24, 2.45) is 0 Å². The predicted octanol–water partition coefficient (Wildman–Crippen LogP) is 1.24. The van der Waals surface area contributed by atoms with E-state index in [1.807, 2.05) is 12.1 Å². The molecule has 2 amide bonds. The molecule has 1 aliphatic rings. The Labute approximate surface area is 93.6 Å². The summed E-state index contributed by atoms with van der Waals surface area (Å²) >= 11 is 0. The standard InChI is InChI=1S/C12H12N2O2/c15-11-5-3-9-14(11)12(16)7-6-10-4-1-2-8-13-10/h1-2,4,6-8H,3,5,9H2. The molecule has 0 unspecified atom stereocenters. The van der Waals surface area contributed by atoms with Crippen LogP contribution >= 0.6 is 0 Å². The van der Waals surface area contributed by atoms with Crippen LogP contribution in [0, 0.1) is 0 Å². The van der Waals surface area contributed by atoms with Gasteiger partial charge in [-0.15, -0.1) is 0 Å². The third-order valence-corrected chi connectivity index (χ3v) is 2.42. The summed E-state index contributed by atoms with van der Waals surface area (Å²) < 4.78 is 0. The Morgan fingerprint density at radius 3 is 2.94 bits per heavy atom. The molecule has 0 N–H and O–H groups in total. The van der Waals surface area contributed by atoms with Gasteiger partial charge in [0.25, 0.3) is 5.91 Å². The van der Waals surface area contributed by atoms with Crippen molar-refractivity contribution < 1.29 is 9.59 Å². The van der Waals surface area contributed by atoms with Gasteiger partial charge in [0.2, 0.25) is 5.91 Å². The second-order valence-corrected chi connectivity index (χ2v) is 3.58. The summed E-state index contributed by atoms with van der Waals surface area (Å²) in [5.41, 5.74) is 0.711. The normalized spacial score (nSPS) is 16.0. The highest BCUT2D eigenvalue weighted by molar-refractivity contribution is 6.03. The summed E-state index contributed by atoms with van der Waals surface area (Å²) in [6, 6.07) is 5.46. The fourth-order valence-electron chi connectivity index (χ4n) is 1.60. The summed E-state index contributed by atoms with van der Waals surface area (Å²) in [7, 11) is 0. The summed E-state index contributed by atoms with van der Waals surface area (Å²) in [4.78, 5) is 28.2. The minimum atomic E-state index is -0.256. The van der Waals surface area contributed by atoms with Crippen molar-refractivity contribution in [3.63, 3.8) is 0 Å². The number of amides is 2. The van der Waals surface area contributed by atoms with Crippen LogP contribution < -0.4 is 0 Å². The van der Waals surface area contributed by atoms with E-state index in [1.165, 1.54) is 11.0 Å². The van der Waals surface area contributed by atoms with Gasteiger partial charge in [-0.05, 0) is 24.6 Å². The zero-order valence-corrected chi connectivity index (χ0v) is 8.80. The van der Waals surface area contributed by atoms with Crippen molar-refractivity contribution in [2.45, 2.75) is 12.8 Å². The van der Waals surface area contributed by atoms with Gasteiger partial charge in [0.15, 0.2) is 0 Å². The van der Waals surface area contributed by atoms with E-state index in [2.05, 4.69) is 4.98 Å². The van der Waals surface area contributed by atoms with Gasteiger partial charge < -0.3 is 0 Å². The largest absolute Gasteiger partial charge is 0.279 e. The maximum atomic E-state index is 11.6. The first kappa shape index (κ1) is 10.5. The van der Waals surface area contributed by atoms with Crippen LogP contribution in [0.5, 0.6) is 0 Å². The van der Waals surface area contributed by atoms with E-state index in [9.17, 15) is 9.59 Å². The molecular formula is C12H12N2O2. The second-order valence-electron chi connectivity index (χ2n) is 3.58. The van der Waals surface area contributed by atoms with Crippen molar-refractivity contribution in [3.05, 3.63) is 36.2 Å². The fourth-order valence-corrected chi connectivity index (χ4v) is 1.60. The Morgan fingerprint density at radius 2 is 2.31 bits per heavy atom. The average Bonchev–Trinajstić information content (AvgIpc) is 2.74. The molecule has 16 heavy (non-hydrogen) atoms. The topological polar surface area (TPSA) is 50.3 Å². The number of aromatic nitrogens is 1. The molecule has 1 saturated heterocycles. The molecule has 0 bridgehead atoms. The van der Waals surface area contributed by atoms with Gasteiger partial charge >= 0.3 is 0 Å². The van der Waals surface area contributed by atoms with Crippen molar-refractivity contribution in [3.8, 4) is 0 Å². The Bertz CT molecular complexity index is 426. The highest BCUT2D eigenvalue weighted by Gasteiger charge is 2.24. The van der Waals surface area contributed by atoms with Crippen LogP contribution in [0.3, 0.4) is 0 Å². The van der Waals surface area contributed by atoms with Crippen LogP contribution in [0.25, 0.3) is 6.08 Å². The molecule has 2 heterocycles. The maximum absolute atomic E-state index is 11.6. The Balaban J connectivity index is 2.02. The third-order valence-electron chi connectivity index (χ3n) is 2.42. The number of pyridine rings is 1. The van der Waals surface area contributed by atoms with Crippen LogP contribution in [0.15, 0.2) is 30.5 Å². The van der Waals surface area contributed by atoms with Crippen LogP contribution in [0.4, 0.5) is 0 Å². The molecule has 1 fully saturated rings. The molecule has 82 valence electrons. The first-order valence-electron chi connectivity index (χ1n) is 5.21. The number of hydrogen-bond acceptors (Lipinski definition) is 3. The maximum Gasteiger partial charge on any atom is 0.253 e. The molecule has 4 heteroatoms. The Kier molecular flexibility index (Phi) is 3.10. The molecular weight excluding hydrogens is 204 g/mol. The Hall–Kier alpha value is -1.97. The van der Waals surface area contributed by atoms with E-state index in [4.69, 9.17) is 0 Å². The number of carbonyl (C=O) groups is 2. The lowest BCUT2D eigenvalue weighted by Gasteiger charge is -2.09. The van der Waals surface area contributed by atoms with Crippen molar-refractivity contribution >= 4 is 17.9 Å². The lowest BCUT2D eigenvalue weighted by atomic mass is 10.3. The third kappa shape index (κ3) is 2.34. The van der Waals surface area contributed by atoms with Gasteiger partial charge in [-0.1, -0.05) is 6.07 Å². The summed E-state index contributed by atoms with van der Waals surface area (Å²) in [6.07, 6.45) is 5.91. The van der Waals surface area contributed by atoms with E-state index in [-0.39, 0.29) is 11.8 Å². The predicted molar refractivity (Wildman–Crippen MR) is 59.2 cm³/mol. The van der Waals surface area contributed by atoms with E-state index in [0.29, 0.717) is 18.7 Å². The van der Waals surface area contributed by atoms with Gasteiger partial charge in [0.05, 0.1) is 5.69 Å². The SMILES string of the molecule is O=C(C=Cc1ccccn1)N1CCCC1=O. The van der Waals surface area contributed by atoms with Crippen LogP contribution in [-0.4, -0.2) is 28.2 Å². The molecule has 0 atom stereocenters. The fraction of sp³-hybridized carbons (Fsp3) is 0.250. The molecule has 0 saturated carbocycles. The van der Waals surface area contributed by atoms with Gasteiger partial charge in [0, 0.05) is 25.2 Å². The zero-order valence-electron chi connectivity index (χ0n) is 8.80. The summed E-state index contributed by atoms with van der Waals surface area (Å²) in [5, 5.41) is 0. The number of rotatable bonds is 2. The molecule has 1 aromatic rings. The van der Waals surface area contributed by atoms with Crippen LogP contribution in [-0.2, 0) is 9.59 Å². The van der Waals surface area contributed by atoms with Crippen LogP contribution in [0.1, 0.15) is 18.5 Å². The second kappa shape index (κ2) is 4.70. The van der Waals surface area contributed by atoms with Crippen LogP contribution in [0.2, 0.25) is 0 Å². The highest BCUT2D eigenvalue weighted by atomic mass is 16.2. The first-order valence-corrected chi connectivity index (χ1v) is 5.21. The molecule has 4 nitrogen and oxygen atoms in total. The quantitative estimate of drug-likeness (QED) is 0.699. The van der Waals surface area contributed by atoms with E-state index in [0.717, 1.165) is 6.42 Å². The van der Waals surface area contributed by atoms with E-state index in [1.54, 1.807) is 18.3 Å². The first-order chi connectivity index (χ1) is 7.77. The van der Waals surface area contributed by atoms with Crippen molar-refractivity contribution in [2.75, 3.05) is 6.54 Å². The van der Waals surface area contributed by atoms with Crippen molar-refractivity contribution in [1.82, 2.24) is 9.88 Å². The Morgan fingerprint density at radius 1 is 1.44 bits per heavy atom. The zero-order chi connectivity index (χ0) is 11.4. The molecule has 0 aromatic carbocycles. The van der Waals surface area contributed by atoms with Gasteiger partial charge in [-0.25, -0.2) is 0 Å². The number of imide groups is 1. The minimum Gasteiger partial charge on any atom is -0.279 e. The molecule has 1 aliphatic heterocycles. The molecule has 0 spiro atoms. The van der Waals surface area contributed by atoms with E-state index < -0.39 is 0 Å². The summed E-state index contributed by atoms with van der Waals surface area (Å²) in [6.45, 7) is 0.532. The highest BCUT2D eigenvalue weighted by Crippen LogP contribution is 2.10. The lowest BCUT2D eigenvalue weighted by Crippen LogP contribution is -2.30. The van der Waals surface area contributed by atoms with Gasteiger partial charge in [0.1, 0.15) is 0 Å². The minimum absolute atomic E-state index is 0.0873. The molecule has 0 radical (unpaired) electrons. The number of likely N-dealkylation sites (tertiary alicyclic amines) is 1. The molecule has 2 rings (SSSR count). The smallest absolute Gasteiger partial charge is 0.253 e. The van der Waals surface area contributed by atoms with E-state index >= 15 is 0 Å². The molecule has 0 aliphatic carbocycles. The van der Waals surface area contributed by atoms with Gasteiger partial charge in [-0.3, -0.25) is 19.5 Å². The van der Waals surface area contributed by atoms with Crippen molar-refractivity contribution in [1.29, 1.82) is 0 Å². The number of nitrogens with zero attached hydrogens (tertiary/aromatic N) is 2. The van der Waals surface area contributed by atoms with Gasteiger partial charge in [-0.2, -0.15) is 0 Å². The average molecular weight is 216 g/mol. The number of hydrogen-bond donors (Lipinski definition) is 0. The summed E-state index contributed by atoms with van der Waals surface area (Å²) in [5.74, 6) is -0.344. The molecule has 1 aromatic heterocycles. The monoisotopic (exact) mass is 216 g/mol. The number of carbonyl (C=O) groups excluding carboxylic acids is 2.